The number of piperidine rings is 1. The van der Waals surface area contributed by atoms with Gasteiger partial charge in [0, 0.05) is 31.2 Å². The molecule has 0 aromatic heterocycles. The van der Waals surface area contributed by atoms with Crippen molar-refractivity contribution in [1.82, 2.24) is 15.5 Å². The van der Waals surface area contributed by atoms with Crippen LogP contribution in [0, 0.1) is 5.41 Å². The number of carbonyl (C=O) groups is 2. The first-order valence-electron chi connectivity index (χ1n) is 8.76. The Hall–Kier alpha value is -2.24. The van der Waals surface area contributed by atoms with Crippen LogP contribution in [0.15, 0.2) is 24.3 Å². The number of likely N-dealkylation sites (tertiary alicyclic amines) is 1. The molecule has 0 unspecified atom stereocenters. The van der Waals surface area contributed by atoms with Crippen LogP contribution in [0.5, 0.6) is 5.75 Å². The molecule has 138 valence electrons. The summed E-state index contributed by atoms with van der Waals surface area (Å²) >= 11 is 0. The molecule has 6 nitrogen and oxygen atoms in total. The number of ether oxygens (including phenoxy) is 1. The van der Waals surface area contributed by atoms with E-state index in [2.05, 4.69) is 31.4 Å². The Bertz CT molecular complexity index is 602. The van der Waals surface area contributed by atoms with E-state index in [1.807, 2.05) is 11.0 Å². The summed E-state index contributed by atoms with van der Waals surface area (Å²) in [6.07, 6.45) is 1.53. The predicted molar refractivity (Wildman–Crippen MR) is 97.9 cm³/mol. The lowest BCUT2D eigenvalue weighted by Gasteiger charge is -2.33. The molecule has 1 aromatic rings. The van der Waals surface area contributed by atoms with E-state index in [9.17, 15) is 9.59 Å². The van der Waals surface area contributed by atoms with Gasteiger partial charge in [-0.25, -0.2) is 4.79 Å². The second-order valence-corrected chi connectivity index (χ2v) is 7.69. The molecule has 1 aliphatic rings. The van der Waals surface area contributed by atoms with Crippen LogP contribution in [0.25, 0.3) is 0 Å². The molecule has 2 rings (SSSR count). The van der Waals surface area contributed by atoms with Gasteiger partial charge in [-0.1, -0.05) is 26.8 Å². The van der Waals surface area contributed by atoms with Crippen LogP contribution in [0.4, 0.5) is 4.79 Å². The summed E-state index contributed by atoms with van der Waals surface area (Å²) in [7, 11) is 1.58. The van der Waals surface area contributed by atoms with Crippen molar-refractivity contribution >= 4 is 11.9 Å². The molecule has 1 heterocycles. The van der Waals surface area contributed by atoms with Gasteiger partial charge >= 0.3 is 6.03 Å². The number of methoxy groups -OCH3 is 1. The Labute approximate surface area is 149 Å². The summed E-state index contributed by atoms with van der Waals surface area (Å²) in [6.45, 7) is 8.23. The highest BCUT2D eigenvalue weighted by Gasteiger charge is 2.25. The van der Waals surface area contributed by atoms with Gasteiger partial charge < -0.3 is 20.3 Å². The first-order chi connectivity index (χ1) is 11.8. The second kappa shape index (κ2) is 8.23. The van der Waals surface area contributed by atoms with Crippen molar-refractivity contribution in [2.75, 3.05) is 26.7 Å². The highest BCUT2D eigenvalue weighted by molar-refractivity contribution is 5.94. The fourth-order valence-corrected chi connectivity index (χ4v) is 2.71. The summed E-state index contributed by atoms with van der Waals surface area (Å²) in [6, 6.07) is 7.18. The third-order valence-corrected chi connectivity index (χ3v) is 4.22. The number of rotatable bonds is 4. The SMILES string of the molecule is COc1cccc(C(=O)NC2CCN(C(=O)NCC(C)(C)C)CC2)c1. The zero-order valence-electron chi connectivity index (χ0n) is 15.6. The Morgan fingerprint density at radius 2 is 1.92 bits per heavy atom. The molecular formula is C19H29N3O3. The smallest absolute Gasteiger partial charge is 0.317 e. The summed E-state index contributed by atoms with van der Waals surface area (Å²) in [5.41, 5.74) is 0.656. The molecule has 1 aromatic carbocycles. The van der Waals surface area contributed by atoms with Gasteiger partial charge in [0.15, 0.2) is 0 Å². The van der Waals surface area contributed by atoms with Crippen LogP contribution >= 0.6 is 0 Å². The number of nitrogens with one attached hydrogen (secondary N) is 2. The van der Waals surface area contributed by atoms with Crippen LogP contribution in [-0.4, -0.2) is 49.6 Å². The van der Waals surface area contributed by atoms with Crippen LogP contribution in [0.1, 0.15) is 44.0 Å². The summed E-state index contributed by atoms with van der Waals surface area (Å²) in [4.78, 5) is 26.3. The van der Waals surface area contributed by atoms with Gasteiger partial charge in [-0.05, 0) is 36.5 Å². The number of carbonyl (C=O) groups excluding carboxylic acids is 2. The Balaban J connectivity index is 1.80. The van der Waals surface area contributed by atoms with Crippen molar-refractivity contribution in [3.8, 4) is 5.75 Å². The van der Waals surface area contributed by atoms with Gasteiger partial charge in [0.25, 0.3) is 5.91 Å². The van der Waals surface area contributed by atoms with Crippen molar-refractivity contribution in [3.63, 3.8) is 0 Å². The molecule has 1 fully saturated rings. The molecule has 0 bridgehead atoms. The summed E-state index contributed by atoms with van der Waals surface area (Å²) in [5.74, 6) is 0.563. The van der Waals surface area contributed by atoms with Crippen molar-refractivity contribution in [2.45, 2.75) is 39.7 Å². The molecule has 2 N–H and O–H groups in total. The average molecular weight is 347 g/mol. The molecule has 25 heavy (non-hydrogen) atoms. The number of amides is 3. The molecule has 0 saturated carbocycles. The van der Waals surface area contributed by atoms with E-state index >= 15 is 0 Å². The quantitative estimate of drug-likeness (QED) is 0.880. The molecule has 0 aliphatic carbocycles. The number of hydrogen-bond donors (Lipinski definition) is 2. The number of nitrogens with zero attached hydrogens (tertiary/aromatic N) is 1. The van der Waals surface area contributed by atoms with Crippen molar-refractivity contribution in [3.05, 3.63) is 29.8 Å². The van der Waals surface area contributed by atoms with Crippen molar-refractivity contribution in [1.29, 1.82) is 0 Å². The van der Waals surface area contributed by atoms with Gasteiger partial charge in [-0.15, -0.1) is 0 Å². The topological polar surface area (TPSA) is 70.7 Å². The normalized spacial score (nSPS) is 15.6. The van der Waals surface area contributed by atoms with E-state index in [-0.39, 0.29) is 23.4 Å². The standard InChI is InChI=1S/C19H29N3O3/c1-19(2,3)13-20-18(24)22-10-8-15(9-11-22)21-17(23)14-6-5-7-16(12-14)25-4/h5-7,12,15H,8-11,13H2,1-4H3,(H,20,24)(H,21,23). The molecule has 1 saturated heterocycles. The number of benzene rings is 1. The number of hydrogen-bond acceptors (Lipinski definition) is 3. The van der Waals surface area contributed by atoms with Crippen molar-refractivity contribution < 1.29 is 14.3 Å². The lowest BCUT2D eigenvalue weighted by molar-refractivity contribution is 0.0917. The average Bonchev–Trinajstić information content (AvgIpc) is 2.59. The van der Waals surface area contributed by atoms with Gasteiger partial charge in [0.1, 0.15) is 5.75 Å². The molecule has 0 radical (unpaired) electrons. The maximum Gasteiger partial charge on any atom is 0.317 e. The Kier molecular flexibility index (Phi) is 6.28. The van der Waals surface area contributed by atoms with Gasteiger partial charge in [-0.2, -0.15) is 0 Å². The monoisotopic (exact) mass is 347 g/mol. The van der Waals surface area contributed by atoms with Crippen LogP contribution < -0.4 is 15.4 Å². The Morgan fingerprint density at radius 1 is 1.24 bits per heavy atom. The first-order valence-corrected chi connectivity index (χ1v) is 8.76. The molecule has 0 atom stereocenters. The van der Waals surface area contributed by atoms with E-state index in [1.165, 1.54) is 0 Å². The maximum absolute atomic E-state index is 12.3. The van der Waals surface area contributed by atoms with Crippen LogP contribution in [-0.2, 0) is 0 Å². The van der Waals surface area contributed by atoms with Crippen LogP contribution in [0.2, 0.25) is 0 Å². The third-order valence-electron chi connectivity index (χ3n) is 4.22. The zero-order chi connectivity index (χ0) is 18.4. The lowest BCUT2D eigenvalue weighted by atomic mass is 9.97. The largest absolute Gasteiger partial charge is 0.497 e. The zero-order valence-corrected chi connectivity index (χ0v) is 15.6. The van der Waals surface area contributed by atoms with E-state index in [4.69, 9.17) is 4.74 Å². The van der Waals surface area contributed by atoms with E-state index in [1.54, 1.807) is 25.3 Å². The minimum absolute atomic E-state index is 0.0208. The molecule has 3 amide bonds. The second-order valence-electron chi connectivity index (χ2n) is 7.69. The minimum atomic E-state index is -0.102. The van der Waals surface area contributed by atoms with Crippen molar-refractivity contribution in [2.24, 2.45) is 5.41 Å². The third kappa shape index (κ3) is 5.96. The Morgan fingerprint density at radius 3 is 2.52 bits per heavy atom. The van der Waals surface area contributed by atoms with Gasteiger partial charge in [0.2, 0.25) is 0 Å². The molecule has 6 heteroatoms. The maximum atomic E-state index is 12.3. The lowest BCUT2D eigenvalue weighted by Crippen LogP contribution is -2.50. The molecule has 1 aliphatic heterocycles. The highest BCUT2D eigenvalue weighted by Crippen LogP contribution is 2.15. The van der Waals surface area contributed by atoms with E-state index in [0.29, 0.717) is 30.9 Å². The predicted octanol–water partition coefficient (Wildman–Crippen LogP) is 2.65. The van der Waals surface area contributed by atoms with Gasteiger partial charge in [-0.3, -0.25) is 4.79 Å². The molecule has 0 spiro atoms. The number of urea groups is 1. The van der Waals surface area contributed by atoms with Gasteiger partial charge in [0.05, 0.1) is 7.11 Å². The highest BCUT2D eigenvalue weighted by atomic mass is 16.5. The van der Waals surface area contributed by atoms with Crippen LogP contribution in [0.3, 0.4) is 0 Å². The minimum Gasteiger partial charge on any atom is -0.497 e. The first kappa shape index (κ1) is 19.1. The van der Waals surface area contributed by atoms with E-state index in [0.717, 1.165) is 12.8 Å². The molecular weight excluding hydrogens is 318 g/mol. The fraction of sp³-hybridized carbons (Fsp3) is 0.579. The summed E-state index contributed by atoms with van der Waals surface area (Å²) < 4.78 is 5.15. The van der Waals surface area contributed by atoms with E-state index < -0.39 is 0 Å². The summed E-state index contributed by atoms with van der Waals surface area (Å²) in [5, 5.41) is 6.02. The fourth-order valence-electron chi connectivity index (χ4n) is 2.71.